The molecule has 88 valence electrons. The molecule has 1 fully saturated rings. The summed E-state index contributed by atoms with van der Waals surface area (Å²) in [4.78, 5) is 3.80. The number of nitrogens with zero attached hydrogens (tertiary/aromatic N) is 1. The smallest absolute Gasteiger partial charge is 0.101 e. The van der Waals surface area contributed by atoms with Crippen LogP contribution in [-0.2, 0) is 0 Å². The lowest BCUT2D eigenvalue weighted by molar-refractivity contribution is -0.900. The van der Waals surface area contributed by atoms with Crippen LogP contribution in [0.4, 0.5) is 5.69 Å². The molecule has 1 aromatic carbocycles. The molecule has 16 heavy (non-hydrogen) atoms. The zero-order chi connectivity index (χ0) is 11.4. The number of piperazine rings is 1. The molecular weight excluding hydrogens is 224 g/mol. The first kappa shape index (κ1) is 11.7. The zero-order valence-electron chi connectivity index (χ0n) is 9.32. The lowest BCUT2D eigenvalue weighted by Crippen LogP contribution is -3.15. The minimum Gasteiger partial charge on any atom is -0.391 e. The van der Waals surface area contributed by atoms with Crippen LogP contribution in [0.2, 0.25) is 5.02 Å². The second-order valence-electron chi connectivity index (χ2n) is 4.16. The maximum absolute atomic E-state index is 8.89. The third-order valence-electron chi connectivity index (χ3n) is 3.13. The van der Waals surface area contributed by atoms with Crippen LogP contribution in [0.15, 0.2) is 24.3 Å². The van der Waals surface area contributed by atoms with Gasteiger partial charge in [0.25, 0.3) is 0 Å². The molecule has 0 amide bonds. The molecule has 0 aromatic heterocycles. The van der Waals surface area contributed by atoms with Crippen molar-refractivity contribution >= 4 is 17.3 Å². The average molecular weight is 242 g/mol. The van der Waals surface area contributed by atoms with E-state index in [1.807, 2.05) is 18.2 Å². The fourth-order valence-corrected chi connectivity index (χ4v) is 2.44. The first-order valence-corrected chi connectivity index (χ1v) is 6.13. The molecule has 1 aliphatic rings. The molecule has 0 bridgehead atoms. The minimum absolute atomic E-state index is 0.279. The van der Waals surface area contributed by atoms with Gasteiger partial charge in [-0.2, -0.15) is 0 Å². The standard InChI is InChI=1S/C12H17ClN2O/c13-11-3-1-2-4-12(11)15-7-5-14(6-8-15)9-10-16/h1-4,16H,5-10H2/p+1. The number of aliphatic hydroxyl groups is 1. The summed E-state index contributed by atoms with van der Waals surface area (Å²) in [6, 6.07) is 7.98. The summed E-state index contributed by atoms with van der Waals surface area (Å²) in [7, 11) is 0. The summed E-state index contributed by atoms with van der Waals surface area (Å²) in [6.45, 7) is 5.31. The van der Waals surface area contributed by atoms with E-state index in [1.54, 1.807) is 0 Å². The monoisotopic (exact) mass is 241 g/mol. The number of halogens is 1. The number of rotatable bonds is 3. The van der Waals surface area contributed by atoms with Gasteiger partial charge in [0.05, 0.1) is 43.5 Å². The van der Waals surface area contributed by atoms with Crippen LogP contribution < -0.4 is 9.80 Å². The normalized spacial score (nSPS) is 17.8. The molecule has 4 heteroatoms. The van der Waals surface area contributed by atoms with Crippen LogP contribution >= 0.6 is 11.6 Å². The van der Waals surface area contributed by atoms with E-state index < -0.39 is 0 Å². The van der Waals surface area contributed by atoms with Gasteiger partial charge in [0.1, 0.15) is 6.54 Å². The zero-order valence-corrected chi connectivity index (χ0v) is 10.1. The van der Waals surface area contributed by atoms with Crippen LogP contribution in [-0.4, -0.2) is 44.4 Å². The molecule has 2 N–H and O–H groups in total. The fourth-order valence-electron chi connectivity index (χ4n) is 2.18. The highest BCUT2D eigenvalue weighted by Gasteiger charge is 2.20. The maximum atomic E-state index is 8.89. The van der Waals surface area contributed by atoms with Gasteiger partial charge in [0.2, 0.25) is 0 Å². The second kappa shape index (κ2) is 5.53. The fraction of sp³-hybridized carbons (Fsp3) is 0.500. The van der Waals surface area contributed by atoms with Crippen LogP contribution in [0.25, 0.3) is 0 Å². The van der Waals surface area contributed by atoms with Crippen molar-refractivity contribution < 1.29 is 10.0 Å². The van der Waals surface area contributed by atoms with E-state index in [0.29, 0.717) is 0 Å². The van der Waals surface area contributed by atoms with E-state index in [1.165, 1.54) is 4.90 Å². The summed E-state index contributed by atoms with van der Waals surface area (Å²) in [5.74, 6) is 0. The first-order chi connectivity index (χ1) is 7.81. The summed E-state index contributed by atoms with van der Waals surface area (Å²) in [6.07, 6.45) is 0. The van der Waals surface area contributed by atoms with Gasteiger partial charge in [-0.3, -0.25) is 0 Å². The molecule has 1 heterocycles. The Morgan fingerprint density at radius 3 is 2.56 bits per heavy atom. The number of benzene rings is 1. The third kappa shape index (κ3) is 2.67. The molecule has 0 aliphatic carbocycles. The molecule has 2 rings (SSSR count). The third-order valence-corrected chi connectivity index (χ3v) is 3.45. The first-order valence-electron chi connectivity index (χ1n) is 5.75. The molecule has 0 spiro atoms. The van der Waals surface area contributed by atoms with Gasteiger partial charge in [0, 0.05) is 0 Å². The Labute approximate surface area is 101 Å². The van der Waals surface area contributed by atoms with E-state index in [-0.39, 0.29) is 6.61 Å². The second-order valence-corrected chi connectivity index (χ2v) is 4.57. The Morgan fingerprint density at radius 2 is 1.94 bits per heavy atom. The Kier molecular flexibility index (Phi) is 4.04. The number of anilines is 1. The Hall–Kier alpha value is -0.770. The number of nitrogens with one attached hydrogen (secondary N) is 1. The van der Waals surface area contributed by atoms with Crippen molar-refractivity contribution in [3.8, 4) is 0 Å². The average Bonchev–Trinajstić information content (AvgIpc) is 2.31. The van der Waals surface area contributed by atoms with Crippen molar-refractivity contribution in [2.45, 2.75) is 0 Å². The molecule has 0 unspecified atom stereocenters. The SMILES string of the molecule is OCC[NH+]1CCN(c2ccccc2Cl)CC1. The largest absolute Gasteiger partial charge is 0.391 e. The van der Waals surface area contributed by atoms with Gasteiger partial charge >= 0.3 is 0 Å². The number of para-hydroxylation sites is 1. The lowest BCUT2D eigenvalue weighted by Gasteiger charge is -2.33. The van der Waals surface area contributed by atoms with Gasteiger partial charge in [-0.15, -0.1) is 0 Å². The van der Waals surface area contributed by atoms with Gasteiger partial charge in [0.15, 0.2) is 0 Å². The molecular formula is C12H18ClN2O+. The quantitative estimate of drug-likeness (QED) is 0.782. The van der Waals surface area contributed by atoms with Crippen molar-refractivity contribution in [3.63, 3.8) is 0 Å². The summed E-state index contributed by atoms with van der Waals surface area (Å²) < 4.78 is 0. The Morgan fingerprint density at radius 1 is 1.25 bits per heavy atom. The van der Waals surface area contributed by atoms with Crippen molar-refractivity contribution in [3.05, 3.63) is 29.3 Å². The highest BCUT2D eigenvalue weighted by Crippen LogP contribution is 2.24. The summed E-state index contributed by atoms with van der Waals surface area (Å²) in [5.41, 5.74) is 1.13. The summed E-state index contributed by atoms with van der Waals surface area (Å²) in [5, 5.41) is 9.72. The van der Waals surface area contributed by atoms with Crippen molar-refractivity contribution in [2.24, 2.45) is 0 Å². The number of quaternary nitrogens is 1. The molecule has 1 saturated heterocycles. The van der Waals surface area contributed by atoms with E-state index in [9.17, 15) is 0 Å². The molecule has 1 aromatic rings. The maximum Gasteiger partial charge on any atom is 0.101 e. The van der Waals surface area contributed by atoms with Gasteiger partial charge in [-0.1, -0.05) is 23.7 Å². The summed E-state index contributed by atoms with van der Waals surface area (Å²) >= 11 is 6.17. The molecule has 3 nitrogen and oxygen atoms in total. The number of hydrogen-bond donors (Lipinski definition) is 2. The van der Waals surface area contributed by atoms with Crippen molar-refractivity contribution in [2.75, 3.05) is 44.2 Å². The number of aliphatic hydroxyl groups excluding tert-OH is 1. The lowest BCUT2D eigenvalue weighted by atomic mass is 10.2. The van der Waals surface area contributed by atoms with Gasteiger partial charge < -0.3 is 14.9 Å². The van der Waals surface area contributed by atoms with Crippen LogP contribution in [0.3, 0.4) is 0 Å². The molecule has 0 atom stereocenters. The topological polar surface area (TPSA) is 27.9 Å². The van der Waals surface area contributed by atoms with E-state index >= 15 is 0 Å². The minimum atomic E-state index is 0.279. The number of hydrogen-bond acceptors (Lipinski definition) is 2. The Bertz CT molecular complexity index is 338. The van der Waals surface area contributed by atoms with E-state index in [2.05, 4.69) is 11.0 Å². The van der Waals surface area contributed by atoms with Crippen molar-refractivity contribution in [1.29, 1.82) is 0 Å². The van der Waals surface area contributed by atoms with Crippen LogP contribution in [0, 0.1) is 0 Å². The highest BCUT2D eigenvalue weighted by atomic mass is 35.5. The molecule has 0 radical (unpaired) electrons. The van der Waals surface area contributed by atoms with Crippen LogP contribution in [0.5, 0.6) is 0 Å². The molecule has 1 aliphatic heterocycles. The van der Waals surface area contributed by atoms with Gasteiger partial charge in [-0.05, 0) is 12.1 Å². The van der Waals surface area contributed by atoms with E-state index in [0.717, 1.165) is 43.4 Å². The highest BCUT2D eigenvalue weighted by molar-refractivity contribution is 6.33. The molecule has 0 saturated carbocycles. The van der Waals surface area contributed by atoms with Gasteiger partial charge in [-0.25, -0.2) is 0 Å². The van der Waals surface area contributed by atoms with Crippen molar-refractivity contribution in [1.82, 2.24) is 0 Å². The van der Waals surface area contributed by atoms with E-state index in [4.69, 9.17) is 16.7 Å². The Balaban J connectivity index is 1.96. The van der Waals surface area contributed by atoms with Crippen LogP contribution in [0.1, 0.15) is 0 Å². The predicted octanol–water partition coefficient (Wildman–Crippen LogP) is 0.0372. The predicted molar refractivity (Wildman–Crippen MR) is 66.3 cm³/mol.